The molecule has 2 aromatic carbocycles. The van der Waals surface area contributed by atoms with Gasteiger partial charge in [-0.15, -0.1) is 0 Å². The maximum Gasteiger partial charge on any atom is 0.347 e. The highest BCUT2D eigenvalue weighted by molar-refractivity contribution is 6.30. The molecule has 0 aliphatic rings. The zero-order chi connectivity index (χ0) is 17.5. The Morgan fingerprint density at radius 2 is 1.42 bits per heavy atom. The number of hydrogen-bond donors (Lipinski definition) is 0. The van der Waals surface area contributed by atoms with Crippen molar-refractivity contribution in [2.75, 3.05) is 6.61 Å². The monoisotopic (exact) mass is 348 g/mol. The first-order valence-electron chi connectivity index (χ1n) is 7.81. The Morgan fingerprint density at radius 3 is 1.96 bits per heavy atom. The third-order valence-corrected chi connectivity index (χ3v) is 3.33. The summed E-state index contributed by atoms with van der Waals surface area (Å²) in [6.45, 7) is 6.03. The van der Waals surface area contributed by atoms with Crippen LogP contribution in [0, 0.1) is 5.92 Å². The summed E-state index contributed by atoms with van der Waals surface area (Å²) in [7, 11) is 0. The lowest BCUT2D eigenvalue weighted by Crippen LogP contribution is -2.27. The number of carbonyl (C=O) groups is 1. The van der Waals surface area contributed by atoms with Crippen molar-refractivity contribution >= 4 is 17.6 Å². The highest BCUT2D eigenvalue weighted by Gasteiger charge is 2.16. The fraction of sp³-hybridized carbons (Fsp3) is 0.316. The van der Waals surface area contributed by atoms with Crippen LogP contribution in [0.1, 0.15) is 20.8 Å². The van der Waals surface area contributed by atoms with E-state index in [0.717, 1.165) is 0 Å². The number of carbonyl (C=O) groups excluding carboxylic acids is 1. The molecule has 0 spiro atoms. The van der Waals surface area contributed by atoms with Gasteiger partial charge in [-0.1, -0.05) is 25.4 Å². The highest BCUT2D eigenvalue weighted by atomic mass is 35.5. The minimum Gasteiger partial charge on any atom is -0.479 e. The summed E-state index contributed by atoms with van der Waals surface area (Å²) in [6, 6.07) is 14.2. The summed E-state index contributed by atoms with van der Waals surface area (Å²) in [5, 5.41) is 0.657. The molecule has 128 valence electrons. The van der Waals surface area contributed by atoms with Gasteiger partial charge in [0.25, 0.3) is 0 Å². The van der Waals surface area contributed by atoms with Gasteiger partial charge in [-0.25, -0.2) is 4.79 Å². The van der Waals surface area contributed by atoms with Gasteiger partial charge in [-0.05, 0) is 61.4 Å². The van der Waals surface area contributed by atoms with E-state index in [9.17, 15) is 4.79 Å². The van der Waals surface area contributed by atoms with E-state index < -0.39 is 6.10 Å². The number of ether oxygens (including phenoxy) is 3. The van der Waals surface area contributed by atoms with Gasteiger partial charge in [-0.3, -0.25) is 0 Å². The molecule has 0 fully saturated rings. The Bertz CT molecular complexity index is 650. The van der Waals surface area contributed by atoms with E-state index in [4.69, 9.17) is 25.8 Å². The average molecular weight is 349 g/mol. The van der Waals surface area contributed by atoms with E-state index in [0.29, 0.717) is 34.8 Å². The molecule has 0 aliphatic heterocycles. The first-order chi connectivity index (χ1) is 11.4. The van der Waals surface area contributed by atoms with Gasteiger partial charge in [0, 0.05) is 5.02 Å². The first-order valence-corrected chi connectivity index (χ1v) is 8.18. The molecule has 2 rings (SSSR count). The van der Waals surface area contributed by atoms with Gasteiger partial charge in [0.05, 0.1) is 6.61 Å². The van der Waals surface area contributed by atoms with Crippen LogP contribution in [-0.2, 0) is 9.53 Å². The van der Waals surface area contributed by atoms with Gasteiger partial charge in [0.2, 0.25) is 0 Å². The molecule has 0 unspecified atom stereocenters. The van der Waals surface area contributed by atoms with E-state index in [-0.39, 0.29) is 5.97 Å². The third-order valence-electron chi connectivity index (χ3n) is 3.08. The summed E-state index contributed by atoms with van der Waals surface area (Å²) in [5.74, 6) is 1.86. The summed E-state index contributed by atoms with van der Waals surface area (Å²) in [6.07, 6.45) is -0.660. The molecule has 0 radical (unpaired) electrons. The minimum atomic E-state index is -0.660. The van der Waals surface area contributed by atoms with E-state index >= 15 is 0 Å². The van der Waals surface area contributed by atoms with Crippen LogP contribution < -0.4 is 9.47 Å². The van der Waals surface area contributed by atoms with Gasteiger partial charge in [-0.2, -0.15) is 0 Å². The highest BCUT2D eigenvalue weighted by Crippen LogP contribution is 2.25. The van der Waals surface area contributed by atoms with Crippen LogP contribution in [0.3, 0.4) is 0 Å². The van der Waals surface area contributed by atoms with Crippen LogP contribution in [0.4, 0.5) is 0 Å². The maximum atomic E-state index is 11.8. The predicted octanol–water partition coefficient (Wildman–Crippen LogP) is 5.10. The van der Waals surface area contributed by atoms with Crippen molar-refractivity contribution < 1.29 is 19.0 Å². The molecular formula is C19H21ClO4. The maximum absolute atomic E-state index is 11.8. The van der Waals surface area contributed by atoms with Crippen molar-refractivity contribution in [3.8, 4) is 17.2 Å². The molecule has 0 amide bonds. The van der Waals surface area contributed by atoms with E-state index in [1.807, 2.05) is 13.8 Å². The Labute approximate surface area is 147 Å². The Hall–Kier alpha value is -2.20. The van der Waals surface area contributed by atoms with Crippen molar-refractivity contribution in [2.24, 2.45) is 5.92 Å². The summed E-state index contributed by atoms with van der Waals surface area (Å²) < 4.78 is 16.4. The SMILES string of the molecule is CC(C)COC(=O)[C@H](C)Oc1ccc(Oc2ccc(Cl)cc2)cc1. The second-order valence-corrected chi connectivity index (χ2v) is 6.25. The Kier molecular flexibility index (Phi) is 6.50. The number of rotatable bonds is 7. The van der Waals surface area contributed by atoms with Crippen molar-refractivity contribution in [1.82, 2.24) is 0 Å². The molecular weight excluding hydrogens is 328 g/mol. The molecule has 0 aliphatic carbocycles. The van der Waals surface area contributed by atoms with Gasteiger partial charge >= 0.3 is 5.97 Å². The molecule has 0 saturated heterocycles. The van der Waals surface area contributed by atoms with Crippen LogP contribution in [0.25, 0.3) is 0 Å². The van der Waals surface area contributed by atoms with Gasteiger partial charge in [0.1, 0.15) is 17.2 Å². The number of halogens is 1. The van der Waals surface area contributed by atoms with E-state index in [2.05, 4.69) is 0 Å². The predicted molar refractivity (Wildman–Crippen MR) is 93.9 cm³/mol. The molecule has 4 nitrogen and oxygen atoms in total. The lowest BCUT2D eigenvalue weighted by Gasteiger charge is -2.15. The average Bonchev–Trinajstić information content (AvgIpc) is 2.56. The van der Waals surface area contributed by atoms with Crippen LogP contribution >= 0.6 is 11.6 Å². The molecule has 0 bridgehead atoms. The summed E-state index contributed by atoms with van der Waals surface area (Å²) >= 11 is 5.84. The lowest BCUT2D eigenvalue weighted by molar-refractivity contribution is -0.152. The molecule has 0 heterocycles. The third kappa shape index (κ3) is 5.78. The second-order valence-electron chi connectivity index (χ2n) is 5.81. The van der Waals surface area contributed by atoms with Gasteiger partial charge in [0.15, 0.2) is 6.10 Å². The number of hydrogen-bond acceptors (Lipinski definition) is 4. The molecule has 0 saturated carbocycles. The Morgan fingerprint density at radius 1 is 0.917 bits per heavy atom. The smallest absolute Gasteiger partial charge is 0.347 e. The van der Waals surface area contributed by atoms with E-state index in [1.165, 1.54) is 0 Å². The van der Waals surface area contributed by atoms with Crippen LogP contribution in [0.2, 0.25) is 5.02 Å². The lowest BCUT2D eigenvalue weighted by atomic mass is 10.2. The zero-order valence-corrected chi connectivity index (χ0v) is 14.7. The molecule has 24 heavy (non-hydrogen) atoms. The topological polar surface area (TPSA) is 44.8 Å². The largest absolute Gasteiger partial charge is 0.479 e. The zero-order valence-electron chi connectivity index (χ0n) is 14.0. The van der Waals surface area contributed by atoms with Crippen LogP contribution in [0.15, 0.2) is 48.5 Å². The normalized spacial score (nSPS) is 11.9. The van der Waals surface area contributed by atoms with E-state index in [1.54, 1.807) is 55.5 Å². The number of esters is 1. The van der Waals surface area contributed by atoms with Crippen LogP contribution in [-0.4, -0.2) is 18.7 Å². The Balaban J connectivity index is 1.89. The van der Waals surface area contributed by atoms with Crippen molar-refractivity contribution in [3.63, 3.8) is 0 Å². The molecule has 2 aromatic rings. The minimum absolute atomic E-state index is 0.297. The second kappa shape index (κ2) is 8.60. The fourth-order valence-corrected chi connectivity index (χ4v) is 1.97. The quantitative estimate of drug-likeness (QED) is 0.653. The molecule has 5 heteroatoms. The summed E-state index contributed by atoms with van der Waals surface area (Å²) in [5.41, 5.74) is 0. The van der Waals surface area contributed by atoms with Crippen molar-refractivity contribution in [2.45, 2.75) is 26.9 Å². The molecule has 0 N–H and O–H groups in total. The van der Waals surface area contributed by atoms with Crippen molar-refractivity contribution in [3.05, 3.63) is 53.6 Å². The van der Waals surface area contributed by atoms with Crippen LogP contribution in [0.5, 0.6) is 17.2 Å². The fourth-order valence-electron chi connectivity index (χ4n) is 1.84. The first kappa shape index (κ1) is 18.1. The number of benzene rings is 2. The molecule has 0 aromatic heterocycles. The molecule has 1 atom stereocenters. The van der Waals surface area contributed by atoms with Crippen molar-refractivity contribution in [1.29, 1.82) is 0 Å². The van der Waals surface area contributed by atoms with Gasteiger partial charge < -0.3 is 14.2 Å². The standard InChI is InChI=1S/C19H21ClO4/c1-13(2)12-22-19(21)14(3)23-16-8-10-18(11-9-16)24-17-6-4-15(20)5-7-17/h4-11,13-14H,12H2,1-3H3/t14-/m0/s1. The summed E-state index contributed by atoms with van der Waals surface area (Å²) in [4.78, 5) is 11.8.